The van der Waals surface area contributed by atoms with Gasteiger partial charge in [0, 0.05) is 19.8 Å². The van der Waals surface area contributed by atoms with Crippen LogP contribution >= 0.6 is 0 Å². The van der Waals surface area contributed by atoms with E-state index in [4.69, 9.17) is 10.5 Å². The zero-order valence-electron chi connectivity index (χ0n) is 14.0. The number of aromatic nitrogens is 3. The normalized spacial score (nSPS) is 13.0. The summed E-state index contributed by atoms with van der Waals surface area (Å²) in [6, 6.07) is 5.37. The molecule has 3 heterocycles. The third-order valence-corrected chi connectivity index (χ3v) is 4.18. The number of nitrogens with two attached hydrogens (primary N) is 1. The second-order valence-corrected chi connectivity index (χ2v) is 6.02. The van der Waals surface area contributed by atoms with Crippen molar-refractivity contribution in [3.05, 3.63) is 42.0 Å². The molecule has 1 aliphatic heterocycles. The molecule has 3 aromatic rings. The van der Waals surface area contributed by atoms with Crippen LogP contribution in [-0.4, -0.2) is 28.0 Å². The lowest BCUT2D eigenvalue weighted by Crippen LogP contribution is -2.27. The number of aryl methyl sites for hydroxylation is 1. The van der Waals surface area contributed by atoms with E-state index >= 15 is 0 Å². The fourth-order valence-corrected chi connectivity index (χ4v) is 2.98. The van der Waals surface area contributed by atoms with Crippen LogP contribution in [0, 0.1) is 0 Å². The van der Waals surface area contributed by atoms with Gasteiger partial charge in [0.2, 0.25) is 0 Å². The summed E-state index contributed by atoms with van der Waals surface area (Å²) < 4.78 is 7.08. The smallest absolute Gasteiger partial charge is 0.298 e. The fraction of sp³-hybridized carbons (Fsp3) is 0.176. The molecule has 1 aliphatic rings. The molecule has 0 bridgehead atoms. The van der Waals surface area contributed by atoms with Crippen LogP contribution < -0.4 is 26.1 Å². The van der Waals surface area contributed by atoms with Crippen molar-refractivity contribution in [2.45, 2.75) is 6.54 Å². The fourth-order valence-electron chi connectivity index (χ4n) is 2.98. The predicted octanol–water partition coefficient (Wildman–Crippen LogP) is 0.230. The van der Waals surface area contributed by atoms with E-state index in [1.54, 1.807) is 29.9 Å². The van der Waals surface area contributed by atoms with Crippen molar-refractivity contribution in [3.63, 3.8) is 0 Å². The predicted molar refractivity (Wildman–Crippen MR) is 93.4 cm³/mol. The lowest BCUT2D eigenvalue weighted by Gasteiger charge is -2.18. The number of ether oxygens (including phenoxy) is 1. The Labute approximate surface area is 148 Å². The molecule has 0 saturated carbocycles. The Morgan fingerprint density at radius 1 is 1.50 bits per heavy atom. The Balaban J connectivity index is 1.55. The van der Waals surface area contributed by atoms with Gasteiger partial charge in [-0.25, -0.2) is 4.98 Å². The van der Waals surface area contributed by atoms with Crippen molar-refractivity contribution in [1.82, 2.24) is 14.9 Å². The largest absolute Gasteiger partial charge is 0.482 e. The highest BCUT2D eigenvalue weighted by Gasteiger charge is 2.23. The quantitative estimate of drug-likeness (QED) is 0.621. The van der Waals surface area contributed by atoms with Gasteiger partial charge in [0.15, 0.2) is 12.1 Å². The molecule has 9 heteroatoms. The van der Waals surface area contributed by atoms with E-state index in [2.05, 4.69) is 20.6 Å². The number of hydrogen-bond donors (Lipinski definition) is 3. The minimum atomic E-state index is -0.316. The van der Waals surface area contributed by atoms with Crippen LogP contribution in [0.3, 0.4) is 0 Å². The summed E-state index contributed by atoms with van der Waals surface area (Å²) in [5.41, 5.74) is 9.48. The van der Waals surface area contributed by atoms with E-state index in [9.17, 15) is 9.59 Å². The average molecular weight is 353 g/mol. The lowest BCUT2D eigenvalue weighted by molar-refractivity contribution is -0.349. The first-order valence-electron chi connectivity index (χ1n) is 7.98. The second kappa shape index (κ2) is 6.03. The third-order valence-electron chi connectivity index (χ3n) is 4.18. The Morgan fingerprint density at radius 3 is 3.19 bits per heavy atom. The van der Waals surface area contributed by atoms with E-state index in [1.807, 2.05) is 6.07 Å². The zero-order chi connectivity index (χ0) is 18.3. The molecule has 0 aliphatic carbocycles. The van der Waals surface area contributed by atoms with Gasteiger partial charge in [-0.3, -0.25) is 9.59 Å². The molecule has 4 rings (SSSR count). The van der Waals surface area contributed by atoms with Crippen LogP contribution in [0.2, 0.25) is 0 Å². The van der Waals surface area contributed by atoms with E-state index in [0.717, 1.165) is 5.56 Å². The number of aromatic amines is 1. The summed E-state index contributed by atoms with van der Waals surface area (Å²) >= 11 is 0. The van der Waals surface area contributed by atoms with Gasteiger partial charge in [-0.15, -0.1) is 0 Å². The van der Waals surface area contributed by atoms with Crippen molar-refractivity contribution in [2.24, 2.45) is 7.05 Å². The molecule has 2 amide bonds. The SMILES string of the molecule is Cn1cc(N)c2[nH+]cnc(C(=O)NCc3ccc4c(c3)NC(=O)CO4)c21. The van der Waals surface area contributed by atoms with Crippen molar-refractivity contribution in [3.8, 4) is 5.75 Å². The number of nitrogen functional groups attached to an aromatic ring is 1. The van der Waals surface area contributed by atoms with Gasteiger partial charge in [-0.05, 0) is 22.7 Å². The molecule has 1 aromatic carbocycles. The first kappa shape index (κ1) is 15.9. The van der Waals surface area contributed by atoms with Crippen LogP contribution in [0.5, 0.6) is 5.75 Å². The van der Waals surface area contributed by atoms with Gasteiger partial charge < -0.3 is 25.7 Å². The minimum absolute atomic E-state index is 0.00950. The van der Waals surface area contributed by atoms with E-state index in [0.29, 0.717) is 28.2 Å². The number of H-pyrrole nitrogens is 1. The van der Waals surface area contributed by atoms with Crippen LogP contribution in [0.25, 0.3) is 11.0 Å². The maximum Gasteiger partial charge on any atom is 0.298 e. The van der Waals surface area contributed by atoms with E-state index in [-0.39, 0.29) is 30.7 Å². The average Bonchev–Trinajstić information content (AvgIpc) is 2.93. The Bertz CT molecular complexity index is 1040. The number of hydrogen-bond acceptors (Lipinski definition) is 5. The maximum atomic E-state index is 12.6. The summed E-state index contributed by atoms with van der Waals surface area (Å²) in [7, 11) is 1.80. The van der Waals surface area contributed by atoms with Gasteiger partial charge in [0.05, 0.1) is 11.4 Å². The number of amides is 2. The highest BCUT2D eigenvalue weighted by Crippen LogP contribution is 2.28. The van der Waals surface area contributed by atoms with Gasteiger partial charge in [-0.2, -0.15) is 0 Å². The van der Waals surface area contributed by atoms with Gasteiger partial charge >= 0.3 is 0 Å². The number of carbonyl (C=O) groups excluding carboxylic acids is 2. The molecule has 26 heavy (non-hydrogen) atoms. The molecule has 2 aromatic heterocycles. The van der Waals surface area contributed by atoms with Gasteiger partial charge in [0.1, 0.15) is 11.3 Å². The van der Waals surface area contributed by atoms with Gasteiger partial charge in [0.25, 0.3) is 23.8 Å². The highest BCUT2D eigenvalue weighted by atomic mass is 16.5. The topological polar surface area (TPSA) is 125 Å². The summed E-state index contributed by atoms with van der Waals surface area (Å²) in [6.45, 7) is 0.291. The molecule has 0 saturated heterocycles. The Hall–Kier alpha value is -3.62. The third kappa shape index (κ3) is 2.69. The van der Waals surface area contributed by atoms with Crippen molar-refractivity contribution in [2.75, 3.05) is 17.7 Å². The molecule has 5 N–H and O–H groups in total. The number of fused-ring (bicyclic) bond motifs is 2. The zero-order valence-corrected chi connectivity index (χ0v) is 14.0. The number of nitrogens with zero attached hydrogens (tertiary/aromatic N) is 2. The summed E-state index contributed by atoms with van der Waals surface area (Å²) in [4.78, 5) is 31.1. The highest BCUT2D eigenvalue weighted by molar-refractivity contribution is 6.04. The number of benzene rings is 1. The molecule has 0 atom stereocenters. The summed E-state index contributed by atoms with van der Waals surface area (Å²) in [6.07, 6.45) is 3.17. The second-order valence-electron chi connectivity index (χ2n) is 6.02. The number of carbonyl (C=O) groups is 2. The molecule has 9 nitrogen and oxygen atoms in total. The molecule has 132 valence electrons. The Morgan fingerprint density at radius 2 is 2.35 bits per heavy atom. The van der Waals surface area contributed by atoms with Crippen molar-refractivity contribution >= 4 is 34.2 Å². The molecular weight excluding hydrogens is 336 g/mol. The van der Waals surface area contributed by atoms with E-state index < -0.39 is 0 Å². The molecular formula is C17H17N6O3+. The Kier molecular flexibility index (Phi) is 3.68. The van der Waals surface area contributed by atoms with Crippen molar-refractivity contribution < 1.29 is 19.3 Å². The van der Waals surface area contributed by atoms with E-state index in [1.165, 1.54) is 6.33 Å². The van der Waals surface area contributed by atoms with Crippen LogP contribution in [-0.2, 0) is 18.4 Å². The monoisotopic (exact) mass is 353 g/mol. The van der Waals surface area contributed by atoms with Gasteiger partial charge in [-0.1, -0.05) is 6.07 Å². The molecule has 0 unspecified atom stereocenters. The van der Waals surface area contributed by atoms with Crippen LogP contribution in [0.15, 0.2) is 30.7 Å². The molecule has 0 fully saturated rings. The lowest BCUT2D eigenvalue weighted by atomic mass is 10.1. The van der Waals surface area contributed by atoms with Crippen LogP contribution in [0.1, 0.15) is 16.1 Å². The number of rotatable bonds is 3. The molecule has 0 spiro atoms. The number of anilines is 2. The standard InChI is InChI=1S/C17H16N6O3/c1-23-6-10(18)14-16(23)15(21-8-20-14)17(25)19-5-9-2-3-12-11(4-9)22-13(24)7-26-12/h2-4,6,8H,5,7,18H2,1H3,(H,19,25)(H,22,24)/p+1. The summed E-state index contributed by atoms with van der Waals surface area (Å²) in [5, 5.41) is 5.58. The summed E-state index contributed by atoms with van der Waals surface area (Å²) in [5.74, 6) is 0.0937. The van der Waals surface area contributed by atoms with Crippen LogP contribution in [0.4, 0.5) is 11.4 Å². The first-order valence-corrected chi connectivity index (χ1v) is 7.98. The van der Waals surface area contributed by atoms with Crippen molar-refractivity contribution in [1.29, 1.82) is 0 Å². The molecule has 0 radical (unpaired) electrons. The minimum Gasteiger partial charge on any atom is -0.482 e. The first-order chi connectivity index (χ1) is 12.5. The number of nitrogens with one attached hydrogen (secondary N) is 3. The maximum absolute atomic E-state index is 12.6.